The maximum atomic E-state index is 13.7. The molecule has 0 bridgehead atoms. The predicted octanol–water partition coefficient (Wildman–Crippen LogP) is 2.10. The standard InChI is InChI=1S/C33H51N9O5/c1-6-8-19-47-32-36-30(34)29-31(37-32)42(33(45)35-29)26-22-39(17-18-40(26)16-9-15-38(3)4)23-27(43)41(14-7-2)21-25-12-10-24(11-13-25)20-28(44)46-5/h10-13,26H,6-9,14-23H2,1-5H3,(H,35,45)(H2,34,36,37). The van der Waals surface area contributed by atoms with Gasteiger partial charge in [-0.05, 0) is 51.0 Å². The molecule has 3 aromatic rings. The van der Waals surface area contributed by atoms with Crippen LogP contribution in [0.3, 0.4) is 0 Å². The second-order valence-electron chi connectivity index (χ2n) is 12.4. The number of benzene rings is 1. The molecule has 0 radical (unpaired) electrons. The monoisotopic (exact) mass is 653 g/mol. The summed E-state index contributed by atoms with van der Waals surface area (Å²) in [5.74, 6) is -0.106. The molecule has 0 spiro atoms. The smallest absolute Gasteiger partial charge is 0.329 e. The number of nitrogen functional groups attached to an aromatic ring is 1. The summed E-state index contributed by atoms with van der Waals surface area (Å²) in [5, 5.41) is 0. The van der Waals surface area contributed by atoms with Crippen LogP contribution in [0.25, 0.3) is 11.2 Å². The number of aromatic nitrogens is 4. The Balaban J connectivity index is 1.54. The number of H-pyrrole nitrogens is 1. The van der Waals surface area contributed by atoms with Crippen LogP contribution in [0.1, 0.15) is 56.8 Å². The summed E-state index contributed by atoms with van der Waals surface area (Å²) in [4.78, 5) is 59.1. The zero-order valence-corrected chi connectivity index (χ0v) is 28.5. The highest BCUT2D eigenvalue weighted by atomic mass is 16.5. The fraction of sp³-hybridized carbons (Fsp3) is 0.606. The maximum absolute atomic E-state index is 13.7. The van der Waals surface area contributed by atoms with Gasteiger partial charge in [0.15, 0.2) is 11.5 Å². The fourth-order valence-electron chi connectivity index (χ4n) is 5.82. The molecule has 1 atom stereocenters. The second-order valence-corrected chi connectivity index (χ2v) is 12.4. The molecule has 1 saturated heterocycles. The Kier molecular flexibility index (Phi) is 13.1. The average Bonchev–Trinajstić information content (AvgIpc) is 3.38. The molecule has 1 amide bonds. The number of piperazine rings is 1. The molecule has 0 saturated carbocycles. The van der Waals surface area contributed by atoms with Gasteiger partial charge >= 0.3 is 17.7 Å². The first-order chi connectivity index (χ1) is 22.6. The molecule has 0 aliphatic carbocycles. The number of carbonyl (C=O) groups is 2. The molecule has 4 rings (SSSR count). The van der Waals surface area contributed by atoms with Gasteiger partial charge < -0.3 is 30.0 Å². The SMILES string of the molecule is CCCCOc1nc(N)c2[nH]c(=O)n(C3CN(CC(=O)N(CCC)Cc4ccc(CC(=O)OC)cc4)CCN3CCCN(C)C)c2n1. The Morgan fingerprint density at radius 2 is 1.79 bits per heavy atom. The van der Waals surface area contributed by atoms with E-state index in [4.69, 9.17) is 15.2 Å². The van der Waals surface area contributed by atoms with Crippen molar-refractivity contribution in [2.75, 3.05) is 79.4 Å². The zero-order valence-electron chi connectivity index (χ0n) is 28.5. The summed E-state index contributed by atoms with van der Waals surface area (Å²) in [6.45, 7) is 9.41. The summed E-state index contributed by atoms with van der Waals surface area (Å²) < 4.78 is 12.2. The second kappa shape index (κ2) is 17.2. The summed E-state index contributed by atoms with van der Waals surface area (Å²) in [6, 6.07) is 7.85. The number of anilines is 1. The summed E-state index contributed by atoms with van der Waals surface area (Å²) in [7, 11) is 5.47. The van der Waals surface area contributed by atoms with Crippen LogP contribution >= 0.6 is 0 Å². The van der Waals surface area contributed by atoms with Crippen LogP contribution in [0.15, 0.2) is 29.1 Å². The number of nitrogens with one attached hydrogen (secondary N) is 1. The van der Waals surface area contributed by atoms with Gasteiger partial charge in [-0.25, -0.2) is 4.79 Å². The highest BCUT2D eigenvalue weighted by Gasteiger charge is 2.33. The van der Waals surface area contributed by atoms with Crippen molar-refractivity contribution in [3.05, 3.63) is 45.9 Å². The summed E-state index contributed by atoms with van der Waals surface area (Å²) >= 11 is 0. The Labute approximate surface area is 276 Å². The molecule has 14 heteroatoms. The molecular formula is C33H51N9O5. The van der Waals surface area contributed by atoms with Gasteiger partial charge in [-0.3, -0.25) is 24.0 Å². The van der Waals surface area contributed by atoms with E-state index in [0.717, 1.165) is 49.9 Å². The van der Waals surface area contributed by atoms with Crippen molar-refractivity contribution >= 4 is 28.9 Å². The lowest BCUT2D eigenvalue weighted by Gasteiger charge is -2.42. The lowest BCUT2D eigenvalue weighted by molar-refractivity contribution is -0.139. The van der Waals surface area contributed by atoms with Crippen LogP contribution < -0.4 is 16.2 Å². The zero-order chi connectivity index (χ0) is 33.9. The van der Waals surface area contributed by atoms with Gasteiger partial charge in [-0.2, -0.15) is 9.97 Å². The van der Waals surface area contributed by atoms with E-state index in [1.807, 2.05) is 43.3 Å². The van der Waals surface area contributed by atoms with Crippen molar-refractivity contribution in [1.82, 2.24) is 39.1 Å². The number of fused-ring (bicyclic) bond motifs is 1. The minimum atomic E-state index is -0.375. The first kappa shape index (κ1) is 35.8. The molecule has 1 aliphatic heterocycles. The number of rotatable bonds is 17. The molecule has 1 aliphatic rings. The van der Waals surface area contributed by atoms with Gasteiger partial charge in [0.2, 0.25) is 5.91 Å². The molecule has 14 nitrogen and oxygen atoms in total. The molecule has 2 aromatic heterocycles. The normalized spacial score (nSPS) is 15.7. The van der Waals surface area contributed by atoms with Gasteiger partial charge in [0.25, 0.3) is 0 Å². The molecular weight excluding hydrogens is 602 g/mol. The molecule has 1 fully saturated rings. The van der Waals surface area contributed by atoms with Gasteiger partial charge in [0.1, 0.15) is 11.7 Å². The maximum Gasteiger partial charge on any atom is 0.329 e. The van der Waals surface area contributed by atoms with E-state index in [0.29, 0.717) is 50.5 Å². The lowest BCUT2D eigenvalue weighted by atomic mass is 10.1. The summed E-state index contributed by atoms with van der Waals surface area (Å²) in [6.07, 6.45) is 3.39. The number of imidazole rings is 1. The molecule has 1 aromatic carbocycles. The number of unbranched alkanes of at least 4 members (excludes halogenated alkanes) is 1. The minimum absolute atomic E-state index is 0.0229. The van der Waals surface area contributed by atoms with E-state index in [1.54, 1.807) is 4.57 Å². The van der Waals surface area contributed by atoms with Crippen LogP contribution in [0, 0.1) is 0 Å². The van der Waals surface area contributed by atoms with Gasteiger partial charge in [-0.15, -0.1) is 0 Å². The minimum Gasteiger partial charge on any atom is -0.469 e. The number of amides is 1. The van der Waals surface area contributed by atoms with Crippen molar-refractivity contribution in [3.63, 3.8) is 0 Å². The predicted molar refractivity (Wildman–Crippen MR) is 181 cm³/mol. The fourth-order valence-corrected chi connectivity index (χ4v) is 5.82. The highest BCUT2D eigenvalue weighted by Crippen LogP contribution is 2.25. The van der Waals surface area contributed by atoms with E-state index < -0.39 is 0 Å². The van der Waals surface area contributed by atoms with Crippen molar-refractivity contribution in [3.8, 4) is 6.01 Å². The van der Waals surface area contributed by atoms with Crippen molar-refractivity contribution in [2.45, 2.75) is 58.7 Å². The molecule has 3 N–H and O–H groups in total. The number of ether oxygens (including phenoxy) is 2. The summed E-state index contributed by atoms with van der Waals surface area (Å²) in [5.41, 5.74) is 8.56. The molecule has 3 heterocycles. The van der Waals surface area contributed by atoms with Crippen LogP contribution in [0.5, 0.6) is 6.01 Å². The average molecular weight is 654 g/mol. The van der Waals surface area contributed by atoms with Gasteiger partial charge in [0, 0.05) is 39.3 Å². The van der Waals surface area contributed by atoms with Crippen molar-refractivity contribution < 1.29 is 19.1 Å². The number of aromatic amines is 1. The van der Waals surface area contributed by atoms with Gasteiger partial charge in [0.05, 0.1) is 26.7 Å². The first-order valence-electron chi connectivity index (χ1n) is 16.6. The third kappa shape index (κ3) is 9.75. The molecule has 47 heavy (non-hydrogen) atoms. The van der Waals surface area contributed by atoms with E-state index in [-0.39, 0.29) is 48.5 Å². The molecule has 258 valence electrons. The molecule has 1 unspecified atom stereocenters. The lowest BCUT2D eigenvalue weighted by Crippen LogP contribution is -2.54. The highest BCUT2D eigenvalue weighted by molar-refractivity contribution is 5.82. The number of hydrogen-bond acceptors (Lipinski definition) is 11. The number of hydrogen-bond donors (Lipinski definition) is 2. The van der Waals surface area contributed by atoms with E-state index in [1.165, 1.54) is 7.11 Å². The van der Waals surface area contributed by atoms with E-state index in [9.17, 15) is 14.4 Å². The van der Waals surface area contributed by atoms with E-state index >= 15 is 0 Å². The van der Waals surface area contributed by atoms with Crippen LogP contribution in [-0.4, -0.2) is 125 Å². The Morgan fingerprint density at radius 1 is 1.04 bits per heavy atom. The number of esters is 1. The van der Waals surface area contributed by atoms with Crippen LogP contribution in [0.2, 0.25) is 0 Å². The Hall–Kier alpha value is -4.01. The van der Waals surface area contributed by atoms with Crippen LogP contribution in [0.4, 0.5) is 5.82 Å². The number of methoxy groups -OCH3 is 1. The van der Waals surface area contributed by atoms with Crippen LogP contribution in [-0.2, 0) is 27.3 Å². The first-order valence-corrected chi connectivity index (χ1v) is 16.6. The third-order valence-corrected chi connectivity index (χ3v) is 8.38. The third-order valence-electron chi connectivity index (χ3n) is 8.38. The Bertz CT molecular complexity index is 1520. The van der Waals surface area contributed by atoms with Crippen molar-refractivity contribution in [1.29, 1.82) is 0 Å². The Morgan fingerprint density at radius 3 is 2.47 bits per heavy atom. The van der Waals surface area contributed by atoms with E-state index in [2.05, 4.69) is 43.5 Å². The van der Waals surface area contributed by atoms with Crippen molar-refractivity contribution in [2.24, 2.45) is 0 Å². The number of nitrogens with two attached hydrogens (primary N) is 1. The largest absolute Gasteiger partial charge is 0.469 e. The number of nitrogens with zero attached hydrogens (tertiary/aromatic N) is 7. The van der Waals surface area contributed by atoms with Gasteiger partial charge in [-0.1, -0.05) is 44.5 Å². The topological polar surface area (TPSA) is 155 Å². The number of carbonyl (C=O) groups excluding carboxylic acids is 2. The quantitative estimate of drug-likeness (QED) is 0.163.